The van der Waals surface area contributed by atoms with Gasteiger partial charge in [0.2, 0.25) is 0 Å². The van der Waals surface area contributed by atoms with Crippen molar-refractivity contribution < 1.29 is 13.0 Å². The largest absolute Gasteiger partial charge is 0.388 e. The zero-order chi connectivity index (χ0) is 11.6. The van der Waals surface area contributed by atoms with Crippen LogP contribution in [-0.2, 0) is 10.1 Å². The van der Waals surface area contributed by atoms with Gasteiger partial charge in [0, 0.05) is 26.8 Å². The highest BCUT2D eigenvalue weighted by molar-refractivity contribution is 7.86. The lowest BCUT2D eigenvalue weighted by Gasteiger charge is -2.17. The molecule has 0 atom stereocenters. The van der Waals surface area contributed by atoms with Crippen LogP contribution >= 0.6 is 0 Å². The smallest absolute Gasteiger partial charge is 0.296 e. The summed E-state index contributed by atoms with van der Waals surface area (Å²) in [7, 11) is 0.989. The van der Waals surface area contributed by atoms with Gasteiger partial charge in [-0.1, -0.05) is 0 Å². The predicted molar refractivity (Wildman–Crippen MR) is 60.1 cm³/mol. The van der Waals surface area contributed by atoms with Crippen LogP contribution in [0.1, 0.15) is 0 Å². The summed E-state index contributed by atoms with van der Waals surface area (Å²) in [6.07, 6.45) is 0. The molecule has 0 saturated heterocycles. The van der Waals surface area contributed by atoms with Crippen molar-refractivity contribution in [2.45, 2.75) is 4.90 Å². The molecule has 1 rings (SSSR count). The molecule has 0 fully saturated rings. The van der Waals surface area contributed by atoms with E-state index in [4.69, 9.17) is 4.55 Å². The van der Waals surface area contributed by atoms with Crippen molar-refractivity contribution >= 4 is 21.5 Å². The lowest BCUT2D eigenvalue weighted by Crippen LogP contribution is -2.14. The fourth-order valence-corrected chi connectivity index (χ4v) is 1.99. The highest BCUT2D eigenvalue weighted by atomic mass is 32.2. The number of nitrogens with zero attached hydrogens (tertiary/aromatic N) is 1. The van der Waals surface area contributed by atoms with E-state index in [2.05, 4.69) is 5.32 Å². The molecule has 0 aliphatic rings. The summed E-state index contributed by atoms with van der Waals surface area (Å²) in [5.41, 5.74) is 1.23. The van der Waals surface area contributed by atoms with Crippen LogP contribution in [0.3, 0.4) is 0 Å². The average Bonchev–Trinajstić information content (AvgIpc) is 2.15. The van der Waals surface area contributed by atoms with E-state index in [-0.39, 0.29) is 4.90 Å². The monoisotopic (exact) mass is 230 g/mol. The second kappa shape index (κ2) is 4.08. The molecule has 0 aromatic heterocycles. The number of hydrogen-bond acceptors (Lipinski definition) is 4. The van der Waals surface area contributed by atoms with Gasteiger partial charge in [-0.05, 0) is 18.2 Å². The molecule has 1 aromatic carbocycles. The van der Waals surface area contributed by atoms with E-state index in [0.717, 1.165) is 5.69 Å². The fraction of sp³-hybridized carbons (Fsp3) is 0.333. The molecule has 0 bridgehead atoms. The van der Waals surface area contributed by atoms with Gasteiger partial charge in [0.15, 0.2) is 0 Å². The van der Waals surface area contributed by atoms with Crippen molar-refractivity contribution in [3.05, 3.63) is 18.2 Å². The van der Waals surface area contributed by atoms with E-state index in [1.54, 1.807) is 38.2 Å². The van der Waals surface area contributed by atoms with Gasteiger partial charge in [-0.2, -0.15) is 8.42 Å². The molecule has 0 aliphatic heterocycles. The maximum atomic E-state index is 11.1. The van der Waals surface area contributed by atoms with Gasteiger partial charge < -0.3 is 10.2 Å². The third-order valence-electron chi connectivity index (χ3n) is 2.01. The first-order chi connectivity index (χ1) is 6.86. The Bertz CT molecular complexity index is 454. The van der Waals surface area contributed by atoms with Crippen LogP contribution in [0.15, 0.2) is 23.1 Å². The standard InChI is InChI=1S/C9H14N2O3S/c1-10-7-4-5-9(15(12,13)14)8(6-7)11(2)3/h4-6,10H,1-3H3,(H,12,13,14). The molecule has 6 heteroatoms. The third-order valence-corrected chi connectivity index (χ3v) is 2.91. The number of benzene rings is 1. The first-order valence-electron chi connectivity index (χ1n) is 4.33. The Morgan fingerprint density at radius 2 is 1.93 bits per heavy atom. The fourth-order valence-electron chi connectivity index (χ4n) is 1.24. The Hall–Kier alpha value is -1.27. The summed E-state index contributed by atoms with van der Waals surface area (Å²) in [5, 5.41) is 2.90. The summed E-state index contributed by atoms with van der Waals surface area (Å²) in [6, 6.07) is 4.62. The molecule has 2 N–H and O–H groups in total. The van der Waals surface area contributed by atoms with Gasteiger partial charge in [0.25, 0.3) is 10.1 Å². The maximum Gasteiger partial charge on any atom is 0.296 e. The van der Waals surface area contributed by atoms with E-state index >= 15 is 0 Å². The SMILES string of the molecule is CNc1ccc(S(=O)(=O)O)c(N(C)C)c1. The summed E-state index contributed by atoms with van der Waals surface area (Å²) < 4.78 is 31.1. The van der Waals surface area contributed by atoms with Crippen LogP contribution in [0.5, 0.6) is 0 Å². The molecule has 15 heavy (non-hydrogen) atoms. The van der Waals surface area contributed by atoms with Crippen molar-refractivity contribution in [2.75, 3.05) is 31.4 Å². The molecular formula is C9H14N2O3S. The molecule has 0 aliphatic carbocycles. The number of rotatable bonds is 3. The molecule has 0 amide bonds. The quantitative estimate of drug-likeness (QED) is 0.759. The first kappa shape index (κ1) is 11.8. The summed E-state index contributed by atoms with van der Waals surface area (Å²) >= 11 is 0. The Balaban J connectivity index is 3.41. The number of anilines is 2. The Kier molecular flexibility index (Phi) is 3.21. The van der Waals surface area contributed by atoms with E-state index in [1.165, 1.54) is 6.07 Å². The van der Waals surface area contributed by atoms with E-state index in [1.807, 2.05) is 0 Å². The van der Waals surface area contributed by atoms with Crippen molar-refractivity contribution in [2.24, 2.45) is 0 Å². The molecular weight excluding hydrogens is 216 g/mol. The predicted octanol–water partition coefficient (Wildman–Crippen LogP) is 1.04. The topological polar surface area (TPSA) is 69.6 Å². The van der Waals surface area contributed by atoms with Crippen LogP contribution in [-0.4, -0.2) is 34.1 Å². The molecule has 1 aromatic rings. The summed E-state index contributed by atoms with van der Waals surface area (Å²) in [6.45, 7) is 0. The molecule has 0 saturated carbocycles. The summed E-state index contributed by atoms with van der Waals surface area (Å²) in [4.78, 5) is 1.54. The molecule has 0 radical (unpaired) electrons. The molecule has 5 nitrogen and oxygen atoms in total. The Morgan fingerprint density at radius 3 is 2.33 bits per heavy atom. The second-order valence-corrected chi connectivity index (χ2v) is 4.69. The van der Waals surface area contributed by atoms with E-state index in [9.17, 15) is 8.42 Å². The molecule has 0 unspecified atom stereocenters. The average molecular weight is 230 g/mol. The molecule has 84 valence electrons. The zero-order valence-corrected chi connectivity index (χ0v) is 9.67. The van der Waals surface area contributed by atoms with E-state index < -0.39 is 10.1 Å². The van der Waals surface area contributed by atoms with Crippen molar-refractivity contribution in [3.8, 4) is 0 Å². The molecule has 0 spiro atoms. The lowest BCUT2D eigenvalue weighted by molar-refractivity contribution is 0.483. The van der Waals surface area contributed by atoms with Crippen LogP contribution in [0.4, 0.5) is 11.4 Å². The second-order valence-electron chi connectivity index (χ2n) is 3.30. The van der Waals surface area contributed by atoms with Gasteiger partial charge >= 0.3 is 0 Å². The number of nitrogens with one attached hydrogen (secondary N) is 1. The van der Waals surface area contributed by atoms with E-state index in [0.29, 0.717) is 5.69 Å². The molecule has 0 heterocycles. The minimum atomic E-state index is -4.17. The highest BCUT2D eigenvalue weighted by Gasteiger charge is 2.16. The minimum absolute atomic E-state index is 0.0912. The Labute approximate surface area is 89.5 Å². The van der Waals surface area contributed by atoms with Gasteiger partial charge in [-0.25, -0.2) is 0 Å². The van der Waals surface area contributed by atoms with Crippen LogP contribution < -0.4 is 10.2 Å². The Morgan fingerprint density at radius 1 is 1.33 bits per heavy atom. The third kappa shape index (κ3) is 2.60. The van der Waals surface area contributed by atoms with Crippen molar-refractivity contribution in [1.82, 2.24) is 0 Å². The van der Waals surface area contributed by atoms with Crippen LogP contribution in [0.25, 0.3) is 0 Å². The summed E-state index contributed by atoms with van der Waals surface area (Å²) in [5.74, 6) is 0. The lowest BCUT2D eigenvalue weighted by atomic mass is 10.2. The zero-order valence-electron chi connectivity index (χ0n) is 8.85. The maximum absolute atomic E-state index is 11.1. The van der Waals surface area contributed by atoms with Gasteiger partial charge in [0.05, 0.1) is 5.69 Å². The minimum Gasteiger partial charge on any atom is -0.388 e. The van der Waals surface area contributed by atoms with Crippen LogP contribution in [0.2, 0.25) is 0 Å². The van der Waals surface area contributed by atoms with Crippen molar-refractivity contribution in [3.63, 3.8) is 0 Å². The van der Waals surface area contributed by atoms with Gasteiger partial charge in [-0.3, -0.25) is 4.55 Å². The van der Waals surface area contributed by atoms with Gasteiger partial charge in [-0.15, -0.1) is 0 Å². The highest BCUT2D eigenvalue weighted by Crippen LogP contribution is 2.26. The first-order valence-corrected chi connectivity index (χ1v) is 5.77. The van der Waals surface area contributed by atoms with Gasteiger partial charge in [0.1, 0.15) is 4.90 Å². The van der Waals surface area contributed by atoms with Crippen molar-refractivity contribution in [1.29, 1.82) is 0 Å². The normalized spacial score (nSPS) is 11.2. The number of hydrogen-bond donors (Lipinski definition) is 2. The van der Waals surface area contributed by atoms with Crippen LogP contribution in [0, 0.1) is 0 Å².